The molecule has 10 nitrogen and oxygen atoms in total. The van der Waals surface area contributed by atoms with Gasteiger partial charge in [0.2, 0.25) is 5.91 Å². The number of hydrogen-bond acceptors (Lipinski definition) is 7. The van der Waals surface area contributed by atoms with E-state index < -0.39 is 28.5 Å². The van der Waals surface area contributed by atoms with E-state index in [2.05, 4.69) is 5.32 Å². The van der Waals surface area contributed by atoms with Crippen LogP contribution in [0.15, 0.2) is 53.4 Å². The van der Waals surface area contributed by atoms with Crippen LogP contribution in [-0.4, -0.2) is 45.1 Å². The normalized spacial score (nSPS) is 14.4. The molecule has 3 aromatic rings. The van der Waals surface area contributed by atoms with Crippen molar-refractivity contribution in [2.75, 3.05) is 19.0 Å². The number of aryl methyl sites for hydroxylation is 1. The smallest absolute Gasteiger partial charge is 0.294 e. The third-order valence-electron chi connectivity index (χ3n) is 5.70. The van der Waals surface area contributed by atoms with Crippen LogP contribution in [0.4, 0.5) is 16.2 Å². The standard InChI is InChI=1S/C25H21ClN4O6S/c1-14-10-16(15(2)29(14)20-9-8-17(30(34)35)12-21(20)36-3)11-22-24(32)28(25(33)37-22)13-23(31)27-19-7-5-4-6-18(19)26/h4-12H,13H2,1-3H3,(H,27,31)/b22-11+. The van der Waals surface area contributed by atoms with Crippen molar-refractivity contribution in [1.29, 1.82) is 0 Å². The number of anilines is 1. The predicted octanol–water partition coefficient (Wildman–Crippen LogP) is 5.34. The van der Waals surface area contributed by atoms with Crippen molar-refractivity contribution in [2.45, 2.75) is 13.8 Å². The second-order valence-electron chi connectivity index (χ2n) is 8.07. The molecule has 0 atom stereocenters. The van der Waals surface area contributed by atoms with E-state index in [1.165, 1.54) is 19.2 Å². The van der Waals surface area contributed by atoms with Crippen LogP contribution < -0.4 is 10.1 Å². The van der Waals surface area contributed by atoms with Gasteiger partial charge in [-0.2, -0.15) is 0 Å². The minimum Gasteiger partial charge on any atom is -0.494 e. The van der Waals surface area contributed by atoms with Gasteiger partial charge in [-0.25, -0.2) is 0 Å². The Labute approximate surface area is 221 Å². The fraction of sp³-hybridized carbons (Fsp3) is 0.160. The zero-order valence-corrected chi connectivity index (χ0v) is 21.6. The SMILES string of the molecule is COc1cc([N+](=O)[O-])ccc1-n1c(C)cc(/C=C2/SC(=O)N(CC(=O)Nc3ccccc3Cl)C2=O)c1C. The van der Waals surface area contributed by atoms with E-state index in [0.717, 1.165) is 28.0 Å². The maximum Gasteiger partial charge on any atom is 0.294 e. The number of halogens is 1. The summed E-state index contributed by atoms with van der Waals surface area (Å²) in [6.07, 6.45) is 1.59. The molecule has 1 N–H and O–H groups in total. The van der Waals surface area contributed by atoms with Gasteiger partial charge in [-0.1, -0.05) is 23.7 Å². The molecule has 1 aliphatic rings. The summed E-state index contributed by atoms with van der Waals surface area (Å²) < 4.78 is 7.22. The van der Waals surface area contributed by atoms with E-state index in [9.17, 15) is 24.5 Å². The van der Waals surface area contributed by atoms with Crippen molar-refractivity contribution in [3.05, 3.63) is 85.5 Å². The highest BCUT2D eigenvalue weighted by molar-refractivity contribution is 8.18. The zero-order valence-electron chi connectivity index (χ0n) is 20.0. The lowest BCUT2D eigenvalue weighted by Gasteiger charge is -2.14. The van der Waals surface area contributed by atoms with Gasteiger partial charge in [0, 0.05) is 17.5 Å². The molecule has 12 heteroatoms. The minimum absolute atomic E-state index is 0.101. The molecule has 0 bridgehead atoms. The van der Waals surface area contributed by atoms with Gasteiger partial charge in [-0.3, -0.25) is 29.4 Å². The Morgan fingerprint density at radius 3 is 2.59 bits per heavy atom. The third kappa shape index (κ3) is 5.23. The highest BCUT2D eigenvalue weighted by Crippen LogP contribution is 2.35. The predicted molar refractivity (Wildman–Crippen MR) is 141 cm³/mol. The van der Waals surface area contributed by atoms with Crippen LogP contribution in [0, 0.1) is 24.0 Å². The minimum atomic E-state index is -0.581. The third-order valence-corrected chi connectivity index (χ3v) is 6.93. The van der Waals surface area contributed by atoms with E-state index >= 15 is 0 Å². The summed E-state index contributed by atoms with van der Waals surface area (Å²) in [6.45, 7) is 3.21. The Bertz CT molecular complexity index is 1480. The highest BCUT2D eigenvalue weighted by Gasteiger charge is 2.36. The van der Waals surface area contributed by atoms with E-state index in [0.29, 0.717) is 27.7 Å². The zero-order chi connectivity index (χ0) is 26.9. The average molecular weight is 541 g/mol. The van der Waals surface area contributed by atoms with Gasteiger partial charge in [0.15, 0.2) is 0 Å². The Kier molecular flexibility index (Phi) is 7.37. The molecule has 0 unspecified atom stereocenters. The van der Waals surface area contributed by atoms with Crippen LogP contribution in [0.1, 0.15) is 17.0 Å². The summed E-state index contributed by atoms with van der Waals surface area (Å²) in [6, 6.07) is 12.8. The molecule has 37 heavy (non-hydrogen) atoms. The van der Waals surface area contributed by atoms with Gasteiger partial charge in [0.1, 0.15) is 12.3 Å². The number of carbonyl (C=O) groups is 3. The number of carbonyl (C=O) groups excluding carboxylic acids is 3. The lowest BCUT2D eigenvalue weighted by Crippen LogP contribution is -2.36. The molecule has 2 aromatic carbocycles. The number of ether oxygens (including phenoxy) is 1. The first-order chi connectivity index (χ1) is 17.6. The van der Waals surface area contributed by atoms with Crippen LogP contribution in [0.2, 0.25) is 5.02 Å². The molecule has 2 heterocycles. The molecule has 1 saturated heterocycles. The van der Waals surface area contributed by atoms with Crippen LogP contribution >= 0.6 is 23.4 Å². The van der Waals surface area contributed by atoms with Crippen molar-refractivity contribution in [3.8, 4) is 11.4 Å². The van der Waals surface area contributed by atoms with Crippen LogP contribution in [-0.2, 0) is 9.59 Å². The molecular weight excluding hydrogens is 520 g/mol. The maximum absolute atomic E-state index is 13.0. The van der Waals surface area contributed by atoms with Gasteiger partial charge in [-0.05, 0) is 61.5 Å². The van der Waals surface area contributed by atoms with Crippen LogP contribution in [0.5, 0.6) is 5.75 Å². The molecular formula is C25H21ClN4O6S. The molecule has 1 aromatic heterocycles. The summed E-state index contributed by atoms with van der Waals surface area (Å²) in [5.41, 5.74) is 3.06. The summed E-state index contributed by atoms with van der Waals surface area (Å²) in [7, 11) is 1.43. The van der Waals surface area contributed by atoms with Crippen molar-refractivity contribution in [2.24, 2.45) is 0 Å². The number of para-hydroxylation sites is 1. The Hall–Kier alpha value is -4.09. The molecule has 1 aliphatic heterocycles. The number of hydrogen-bond donors (Lipinski definition) is 1. The average Bonchev–Trinajstić information content (AvgIpc) is 3.28. The number of rotatable bonds is 7. The number of thioether (sulfide) groups is 1. The molecule has 4 rings (SSSR count). The topological polar surface area (TPSA) is 124 Å². The van der Waals surface area contributed by atoms with Crippen LogP contribution in [0.25, 0.3) is 11.8 Å². The number of nitrogens with one attached hydrogen (secondary N) is 1. The number of non-ortho nitro benzene ring substituents is 1. The summed E-state index contributed by atoms with van der Waals surface area (Å²) in [5.74, 6) is -0.825. The fourth-order valence-electron chi connectivity index (χ4n) is 3.94. The molecule has 3 amide bonds. The van der Waals surface area contributed by atoms with Crippen molar-refractivity contribution >= 4 is 57.9 Å². The number of imide groups is 1. The summed E-state index contributed by atoms with van der Waals surface area (Å²) in [4.78, 5) is 49.7. The van der Waals surface area contributed by atoms with Gasteiger partial charge in [0.25, 0.3) is 16.8 Å². The molecule has 0 aliphatic carbocycles. The van der Waals surface area contributed by atoms with Gasteiger partial charge >= 0.3 is 0 Å². The van der Waals surface area contributed by atoms with Crippen molar-refractivity contribution in [3.63, 3.8) is 0 Å². The summed E-state index contributed by atoms with van der Waals surface area (Å²) in [5, 5.41) is 13.5. The Morgan fingerprint density at radius 2 is 1.92 bits per heavy atom. The Morgan fingerprint density at radius 1 is 1.19 bits per heavy atom. The molecule has 0 saturated carbocycles. The number of methoxy groups -OCH3 is 1. The molecule has 0 radical (unpaired) electrons. The number of aromatic nitrogens is 1. The number of nitrogens with zero attached hydrogens (tertiary/aromatic N) is 3. The van der Waals surface area contributed by atoms with E-state index in [1.807, 2.05) is 24.5 Å². The summed E-state index contributed by atoms with van der Waals surface area (Å²) >= 11 is 6.80. The van der Waals surface area contributed by atoms with Crippen LogP contribution in [0.3, 0.4) is 0 Å². The molecule has 1 fully saturated rings. The monoisotopic (exact) mass is 540 g/mol. The molecule has 0 spiro atoms. The number of nitro benzene ring substituents is 1. The second kappa shape index (κ2) is 10.5. The van der Waals surface area contributed by atoms with E-state index in [1.54, 1.807) is 36.4 Å². The maximum atomic E-state index is 13.0. The quantitative estimate of drug-likeness (QED) is 0.244. The number of nitro groups is 1. The fourth-order valence-corrected chi connectivity index (χ4v) is 4.95. The van der Waals surface area contributed by atoms with E-state index in [-0.39, 0.29) is 10.6 Å². The lowest BCUT2D eigenvalue weighted by molar-refractivity contribution is -0.384. The highest BCUT2D eigenvalue weighted by atomic mass is 35.5. The second-order valence-corrected chi connectivity index (χ2v) is 9.47. The van der Waals surface area contributed by atoms with E-state index in [4.69, 9.17) is 16.3 Å². The van der Waals surface area contributed by atoms with Gasteiger partial charge in [0.05, 0.1) is 39.4 Å². The van der Waals surface area contributed by atoms with Gasteiger partial charge in [-0.15, -0.1) is 0 Å². The van der Waals surface area contributed by atoms with Gasteiger partial charge < -0.3 is 14.6 Å². The van der Waals surface area contributed by atoms with Crippen molar-refractivity contribution in [1.82, 2.24) is 9.47 Å². The Balaban J connectivity index is 1.58. The first-order valence-corrected chi connectivity index (χ1v) is 12.1. The van der Waals surface area contributed by atoms with Crippen molar-refractivity contribution < 1.29 is 24.0 Å². The lowest BCUT2D eigenvalue weighted by atomic mass is 10.2. The first kappa shape index (κ1) is 26.0. The molecule has 190 valence electrons. The first-order valence-electron chi connectivity index (χ1n) is 10.9. The largest absolute Gasteiger partial charge is 0.494 e. The number of benzene rings is 2. The number of amides is 3.